The van der Waals surface area contributed by atoms with Gasteiger partial charge >= 0.3 is 0 Å². The van der Waals surface area contributed by atoms with Crippen LogP contribution in [0.3, 0.4) is 0 Å². The van der Waals surface area contributed by atoms with Crippen LogP contribution in [0.4, 0.5) is 0 Å². The van der Waals surface area contributed by atoms with Crippen LogP contribution in [0.2, 0.25) is 0 Å². The van der Waals surface area contributed by atoms with E-state index in [1.807, 2.05) is 16.9 Å². The fourth-order valence-electron chi connectivity index (χ4n) is 5.19. The van der Waals surface area contributed by atoms with E-state index < -0.39 is 6.10 Å². The Morgan fingerprint density at radius 1 is 1.00 bits per heavy atom. The topological polar surface area (TPSA) is 56.0 Å². The number of nitrogens with zero attached hydrogens (tertiary/aromatic N) is 2. The number of benzene rings is 1. The normalized spacial score (nSPS) is 22.5. The van der Waals surface area contributed by atoms with Crippen LogP contribution in [-0.2, 0) is 4.74 Å². The van der Waals surface area contributed by atoms with Crippen molar-refractivity contribution in [1.29, 1.82) is 0 Å². The molecular formula is C26H32N2O3. The largest absolute Gasteiger partial charge is 0.491 e. The maximum Gasteiger partial charge on any atom is 0.119 e. The number of aliphatic hydroxyl groups is 1. The van der Waals surface area contributed by atoms with Gasteiger partial charge in [0.1, 0.15) is 12.4 Å². The van der Waals surface area contributed by atoms with E-state index in [1.54, 1.807) is 7.11 Å². The molecule has 0 bridgehead atoms. The van der Waals surface area contributed by atoms with E-state index in [-0.39, 0.29) is 0 Å². The minimum absolute atomic E-state index is 0.312. The molecular weight excluding hydrogens is 388 g/mol. The van der Waals surface area contributed by atoms with Crippen LogP contribution in [0.15, 0.2) is 49.1 Å². The van der Waals surface area contributed by atoms with Gasteiger partial charge in [-0.05, 0) is 85.6 Å². The smallest absolute Gasteiger partial charge is 0.119 e. The number of rotatable bonds is 8. The van der Waals surface area contributed by atoms with Gasteiger partial charge in [-0.1, -0.05) is 12.1 Å². The van der Waals surface area contributed by atoms with Gasteiger partial charge in [0.25, 0.3) is 0 Å². The van der Waals surface area contributed by atoms with Gasteiger partial charge in [0.05, 0.1) is 30.8 Å². The summed E-state index contributed by atoms with van der Waals surface area (Å²) in [4.78, 5) is 4.33. The van der Waals surface area contributed by atoms with Crippen molar-refractivity contribution >= 4 is 5.52 Å². The molecule has 2 aliphatic rings. The summed E-state index contributed by atoms with van der Waals surface area (Å²) in [6, 6.07) is 10.7. The van der Waals surface area contributed by atoms with Gasteiger partial charge in [0.2, 0.25) is 0 Å². The number of ether oxygens (including phenoxy) is 2. The van der Waals surface area contributed by atoms with Crippen molar-refractivity contribution in [2.45, 2.75) is 56.5 Å². The fraction of sp³-hybridized carbons (Fsp3) is 0.500. The second kappa shape index (κ2) is 9.01. The van der Waals surface area contributed by atoms with Crippen LogP contribution in [0.5, 0.6) is 5.75 Å². The molecule has 2 heterocycles. The summed E-state index contributed by atoms with van der Waals surface area (Å²) in [7, 11) is 1.68. The lowest BCUT2D eigenvalue weighted by atomic mass is 9.75. The van der Waals surface area contributed by atoms with Crippen LogP contribution < -0.4 is 4.74 Å². The van der Waals surface area contributed by atoms with Gasteiger partial charge < -0.3 is 19.0 Å². The first kappa shape index (κ1) is 20.5. The number of hydrogen-bond donors (Lipinski definition) is 1. The monoisotopic (exact) mass is 420 g/mol. The zero-order valence-electron chi connectivity index (χ0n) is 18.2. The van der Waals surface area contributed by atoms with Gasteiger partial charge in [-0.3, -0.25) is 0 Å². The highest BCUT2D eigenvalue weighted by Crippen LogP contribution is 2.48. The molecule has 1 atom stereocenters. The number of methoxy groups -OCH3 is 1. The molecule has 0 spiro atoms. The Morgan fingerprint density at radius 3 is 2.45 bits per heavy atom. The van der Waals surface area contributed by atoms with E-state index in [2.05, 4.69) is 41.5 Å². The number of fused-ring (bicyclic) bond motifs is 1. The van der Waals surface area contributed by atoms with E-state index in [1.165, 1.54) is 24.0 Å². The van der Waals surface area contributed by atoms with E-state index in [0.717, 1.165) is 42.5 Å². The number of aliphatic hydroxyl groups excluding tert-OH is 1. The molecule has 2 fully saturated rings. The zero-order valence-corrected chi connectivity index (χ0v) is 18.2. The fourth-order valence-corrected chi connectivity index (χ4v) is 5.19. The van der Waals surface area contributed by atoms with E-state index in [4.69, 9.17) is 9.47 Å². The Morgan fingerprint density at radius 2 is 1.74 bits per heavy atom. The minimum Gasteiger partial charge on any atom is -0.491 e. The Labute approximate surface area is 184 Å². The third kappa shape index (κ3) is 4.35. The molecule has 0 amide bonds. The Balaban J connectivity index is 1.25. The molecule has 1 N–H and O–H groups in total. The molecule has 5 heteroatoms. The highest BCUT2D eigenvalue weighted by Gasteiger charge is 2.34. The van der Waals surface area contributed by atoms with E-state index >= 15 is 0 Å². The number of pyridine rings is 1. The van der Waals surface area contributed by atoms with Crippen LogP contribution in [0.1, 0.15) is 73.2 Å². The summed E-state index contributed by atoms with van der Waals surface area (Å²) >= 11 is 0. The predicted molar refractivity (Wildman–Crippen MR) is 121 cm³/mol. The molecule has 164 valence electrons. The van der Waals surface area contributed by atoms with E-state index in [0.29, 0.717) is 31.0 Å². The van der Waals surface area contributed by atoms with Crippen molar-refractivity contribution in [1.82, 2.24) is 9.38 Å². The summed E-state index contributed by atoms with van der Waals surface area (Å²) < 4.78 is 12.8. The third-order valence-corrected chi connectivity index (χ3v) is 7.11. The summed E-state index contributed by atoms with van der Waals surface area (Å²) in [6.07, 6.45) is 12.2. The van der Waals surface area contributed by atoms with Crippen molar-refractivity contribution < 1.29 is 14.6 Å². The Hall–Kier alpha value is -2.37. The summed E-state index contributed by atoms with van der Waals surface area (Å²) in [5.41, 5.74) is 4.92. The molecule has 3 aromatic rings. The molecule has 1 aromatic carbocycles. The molecule has 5 rings (SSSR count). The number of imidazole rings is 1. The summed E-state index contributed by atoms with van der Waals surface area (Å²) in [5.74, 6) is 2.38. The SMILES string of the molecule is COCCOc1ccc(C2CCC([C@@H](O)c3c(C4CC4)ccn4cncc34)CC2)cc1. The lowest BCUT2D eigenvalue weighted by Gasteiger charge is -2.33. The predicted octanol–water partition coefficient (Wildman–Crippen LogP) is 5.24. The standard InChI is InChI=1S/C26H32N2O3/c1-30-14-15-31-22-10-8-19(9-11-22)18-2-6-21(7-3-18)26(29)25-23(20-4-5-20)12-13-28-17-27-16-24(25)28/h8-13,16-18,20-21,26,29H,2-7,14-15H2,1H3/t18?,21?,26-/m1/s1. The first-order valence-corrected chi connectivity index (χ1v) is 11.6. The van der Waals surface area contributed by atoms with Gasteiger partial charge in [0.15, 0.2) is 0 Å². The number of hydrogen-bond acceptors (Lipinski definition) is 4. The van der Waals surface area contributed by atoms with Gasteiger partial charge in [-0.25, -0.2) is 4.98 Å². The molecule has 2 aliphatic carbocycles. The molecule has 31 heavy (non-hydrogen) atoms. The van der Waals surface area contributed by atoms with Gasteiger partial charge in [-0.15, -0.1) is 0 Å². The first-order valence-electron chi connectivity index (χ1n) is 11.6. The lowest BCUT2D eigenvalue weighted by molar-refractivity contribution is 0.0810. The minimum atomic E-state index is -0.409. The Kier molecular flexibility index (Phi) is 5.97. The van der Waals surface area contributed by atoms with Crippen molar-refractivity contribution in [3.8, 4) is 5.75 Å². The third-order valence-electron chi connectivity index (χ3n) is 7.11. The number of aromatic nitrogens is 2. The Bertz CT molecular complexity index is 1000. The highest BCUT2D eigenvalue weighted by molar-refractivity contribution is 5.59. The summed E-state index contributed by atoms with van der Waals surface area (Å²) in [5, 5.41) is 11.4. The van der Waals surface area contributed by atoms with Crippen LogP contribution >= 0.6 is 0 Å². The zero-order chi connectivity index (χ0) is 21.2. The van der Waals surface area contributed by atoms with Gasteiger partial charge in [0, 0.05) is 18.9 Å². The maximum absolute atomic E-state index is 11.4. The second-order valence-corrected chi connectivity index (χ2v) is 9.11. The van der Waals surface area contributed by atoms with E-state index in [9.17, 15) is 5.11 Å². The van der Waals surface area contributed by atoms with Gasteiger partial charge in [-0.2, -0.15) is 0 Å². The molecule has 5 nitrogen and oxygen atoms in total. The van der Waals surface area contributed by atoms with Crippen molar-refractivity contribution in [2.75, 3.05) is 20.3 Å². The summed E-state index contributed by atoms with van der Waals surface area (Å²) in [6.45, 7) is 1.18. The van der Waals surface area contributed by atoms with Crippen LogP contribution in [0.25, 0.3) is 5.52 Å². The molecule has 0 saturated heterocycles. The average Bonchev–Trinajstić information content (AvgIpc) is 3.55. The van der Waals surface area contributed by atoms with Crippen molar-refractivity contribution in [2.24, 2.45) is 5.92 Å². The molecule has 2 saturated carbocycles. The average molecular weight is 421 g/mol. The molecule has 0 aliphatic heterocycles. The second-order valence-electron chi connectivity index (χ2n) is 9.11. The van der Waals surface area contributed by atoms with Crippen molar-refractivity contribution in [3.63, 3.8) is 0 Å². The lowest BCUT2D eigenvalue weighted by Crippen LogP contribution is -2.21. The molecule has 0 radical (unpaired) electrons. The quantitative estimate of drug-likeness (QED) is 0.506. The molecule has 2 aromatic heterocycles. The first-order chi connectivity index (χ1) is 15.2. The highest BCUT2D eigenvalue weighted by atomic mass is 16.5. The van der Waals surface area contributed by atoms with Crippen molar-refractivity contribution in [3.05, 3.63) is 65.7 Å². The van der Waals surface area contributed by atoms with Crippen LogP contribution in [0, 0.1) is 5.92 Å². The molecule has 0 unspecified atom stereocenters. The maximum atomic E-state index is 11.4. The van der Waals surface area contributed by atoms with Crippen LogP contribution in [-0.4, -0.2) is 34.8 Å².